The molecule has 0 saturated carbocycles. The number of carbonyl (C=O) groups excluding carboxylic acids is 1. The van der Waals surface area contributed by atoms with Gasteiger partial charge in [-0.15, -0.1) is 0 Å². The van der Waals surface area contributed by atoms with Gasteiger partial charge in [0.05, 0.1) is 0 Å². The van der Waals surface area contributed by atoms with Crippen molar-refractivity contribution in [3.63, 3.8) is 0 Å². The zero-order valence-corrected chi connectivity index (χ0v) is 12.2. The summed E-state index contributed by atoms with van der Waals surface area (Å²) in [5.74, 6) is 0.201. The minimum absolute atomic E-state index is 0.201. The van der Waals surface area contributed by atoms with Crippen LogP contribution in [0.25, 0.3) is 0 Å². The summed E-state index contributed by atoms with van der Waals surface area (Å²) < 4.78 is 0. The van der Waals surface area contributed by atoms with Gasteiger partial charge >= 0.3 is 0 Å². The third kappa shape index (κ3) is 3.21. The number of nitrogens with zero attached hydrogens (tertiary/aromatic N) is 2. The van der Waals surface area contributed by atoms with E-state index < -0.39 is 0 Å². The van der Waals surface area contributed by atoms with Crippen LogP contribution in [0.2, 0.25) is 0 Å². The fraction of sp³-hybridized carbons (Fsp3) is 0.588. The Morgan fingerprint density at radius 2 is 1.45 bits per heavy atom. The molecule has 2 aliphatic heterocycles. The first-order chi connectivity index (χ1) is 9.83. The number of amides is 1. The summed E-state index contributed by atoms with van der Waals surface area (Å²) in [6.07, 6.45) is 6.33. The van der Waals surface area contributed by atoms with Gasteiger partial charge in [-0.05, 0) is 56.5 Å². The minimum atomic E-state index is 0.201. The van der Waals surface area contributed by atoms with E-state index in [1.165, 1.54) is 37.9 Å². The van der Waals surface area contributed by atoms with E-state index in [0.717, 1.165) is 38.0 Å². The molecule has 0 radical (unpaired) electrons. The Kier molecular flexibility index (Phi) is 4.36. The van der Waals surface area contributed by atoms with Crippen molar-refractivity contribution in [3.05, 3.63) is 35.4 Å². The molecule has 3 heteroatoms. The summed E-state index contributed by atoms with van der Waals surface area (Å²) in [4.78, 5) is 16.8. The van der Waals surface area contributed by atoms with Crippen LogP contribution in [-0.2, 0) is 6.54 Å². The Morgan fingerprint density at radius 3 is 2.10 bits per heavy atom. The van der Waals surface area contributed by atoms with E-state index in [9.17, 15) is 4.79 Å². The number of rotatable bonds is 3. The highest BCUT2D eigenvalue weighted by Crippen LogP contribution is 2.16. The van der Waals surface area contributed by atoms with E-state index in [0.29, 0.717) is 0 Å². The van der Waals surface area contributed by atoms with Crippen molar-refractivity contribution >= 4 is 5.91 Å². The van der Waals surface area contributed by atoms with Gasteiger partial charge in [0.15, 0.2) is 0 Å². The van der Waals surface area contributed by atoms with E-state index in [1.54, 1.807) is 0 Å². The highest BCUT2D eigenvalue weighted by atomic mass is 16.2. The van der Waals surface area contributed by atoms with E-state index in [1.807, 2.05) is 17.0 Å². The fourth-order valence-corrected chi connectivity index (χ4v) is 3.23. The molecule has 0 aromatic heterocycles. The minimum Gasteiger partial charge on any atom is -0.339 e. The average Bonchev–Trinajstić information content (AvgIpc) is 3.03. The quantitative estimate of drug-likeness (QED) is 0.844. The van der Waals surface area contributed by atoms with Crippen LogP contribution in [0.5, 0.6) is 0 Å². The molecule has 108 valence electrons. The van der Waals surface area contributed by atoms with Crippen molar-refractivity contribution in [2.45, 2.75) is 38.6 Å². The molecule has 2 saturated heterocycles. The van der Waals surface area contributed by atoms with Gasteiger partial charge in [-0.1, -0.05) is 18.6 Å². The highest BCUT2D eigenvalue weighted by Gasteiger charge is 2.19. The molecule has 0 N–H and O–H groups in total. The second kappa shape index (κ2) is 6.40. The smallest absolute Gasteiger partial charge is 0.253 e. The molecule has 0 aliphatic carbocycles. The first-order valence-electron chi connectivity index (χ1n) is 7.93. The van der Waals surface area contributed by atoms with Crippen molar-refractivity contribution in [2.24, 2.45) is 0 Å². The molecule has 1 aromatic carbocycles. The number of hydrogen-bond donors (Lipinski definition) is 0. The monoisotopic (exact) mass is 272 g/mol. The molecular formula is C17H24N2O. The number of piperidine rings is 1. The first-order valence-corrected chi connectivity index (χ1v) is 7.93. The molecule has 3 nitrogen and oxygen atoms in total. The van der Waals surface area contributed by atoms with Gasteiger partial charge in [-0.25, -0.2) is 0 Å². The van der Waals surface area contributed by atoms with Gasteiger partial charge in [-0.2, -0.15) is 0 Å². The van der Waals surface area contributed by atoms with Crippen molar-refractivity contribution < 1.29 is 4.79 Å². The molecule has 0 atom stereocenters. The summed E-state index contributed by atoms with van der Waals surface area (Å²) in [7, 11) is 0. The Balaban J connectivity index is 1.60. The lowest BCUT2D eigenvalue weighted by Gasteiger charge is -2.26. The van der Waals surface area contributed by atoms with Crippen molar-refractivity contribution in [2.75, 3.05) is 26.2 Å². The zero-order chi connectivity index (χ0) is 13.8. The number of carbonyl (C=O) groups is 1. The largest absolute Gasteiger partial charge is 0.339 e. The predicted molar refractivity (Wildman–Crippen MR) is 80.7 cm³/mol. The maximum Gasteiger partial charge on any atom is 0.253 e. The molecule has 2 fully saturated rings. The molecular weight excluding hydrogens is 248 g/mol. The Hall–Kier alpha value is -1.35. The van der Waals surface area contributed by atoms with Crippen LogP contribution >= 0.6 is 0 Å². The van der Waals surface area contributed by atoms with Crippen LogP contribution in [-0.4, -0.2) is 41.9 Å². The van der Waals surface area contributed by atoms with Crippen molar-refractivity contribution in [1.29, 1.82) is 0 Å². The van der Waals surface area contributed by atoms with Gasteiger partial charge < -0.3 is 4.90 Å². The first kappa shape index (κ1) is 13.6. The lowest BCUT2D eigenvalue weighted by Crippen LogP contribution is -2.29. The van der Waals surface area contributed by atoms with Crippen LogP contribution in [0.3, 0.4) is 0 Å². The number of likely N-dealkylation sites (tertiary alicyclic amines) is 2. The van der Waals surface area contributed by atoms with Crippen LogP contribution in [0.15, 0.2) is 24.3 Å². The van der Waals surface area contributed by atoms with Crippen LogP contribution in [0.1, 0.15) is 48.0 Å². The molecule has 0 spiro atoms. The maximum atomic E-state index is 12.3. The molecule has 1 amide bonds. The molecule has 0 unspecified atom stereocenters. The second-order valence-electron chi connectivity index (χ2n) is 6.03. The Labute approximate surface area is 121 Å². The summed E-state index contributed by atoms with van der Waals surface area (Å²) >= 11 is 0. The Bertz CT molecular complexity index is 443. The lowest BCUT2D eigenvalue weighted by atomic mass is 10.1. The number of hydrogen-bond acceptors (Lipinski definition) is 2. The summed E-state index contributed by atoms with van der Waals surface area (Å²) in [6.45, 7) is 5.31. The summed E-state index contributed by atoms with van der Waals surface area (Å²) in [5, 5.41) is 0. The summed E-state index contributed by atoms with van der Waals surface area (Å²) in [5.41, 5.74) is 2.17. The molecule has 2 aliphatic rings. The van der Waals surface area contributed by atoms with Crippen molar-refractivity contribution in [1.82, 2.24) is 9.80 Å². The fourth-order valence-electron chi connectivity index (χ4n) is 3.23. The third-order valence-electron chi connectivity index (χ3n) is 4.45. The van der Waals surface area contributed by atoms with E-state index in [-0.39, 0.29) is 5.91 Å². The van der Waals surface area contributed by atoms with Crippen LogP contribution in [0, 0.1) is 0 Å². The molecule has 2 heterocycles. The highest BCUT2D eigenvalue weighted by molar-refractivity contribution is 5.94. The number of benzene rings is 1. The molecule has 1 aromatic rings. The van der Waals surface area contributed by atoms with Gasteiger partial charge in [0.25, 0.3) is 5.91 Å². The van der Waals surface area contributed by atoms with Gasteiger partial charge in [0.1, 0.15) is 0 Å². The van der Waals surface area contributed by atoms with Gasteiger partial charge in [0.2, 0.25) is 0 Å². The molecule has 0 bridgehead atoms. The lowest BCUT2D eigenvalue weighted by molar-refractivity contribution is 0.0793. The van der Waals surface area contributed by atoms with E-state index in [2.05, 4.69) is 17.0 Å². The Morgan fingerprint density at radius 1 is 0.850 bits per heavy atom. The van der Waals surface area contributed by atoms with Gasteiger partial charge in [0, 0.05) is 25.2 Å². The molecule has 3 rings (SSSR count). The second-order valence-corrected chi connectivity index (χ2v) is 6.03. The standard InChI is InChI=1S/C17H24N2O/c20-17(19-12-4-5-13-19)16-8-6-15(7-9-16)14-18-10-2-1-3-11-18/h6-9H,1-5,10-14H2. The normalized spacial score (nSPS) is 20.3. The van der Waals surface area contributed by atoms with E-state index in [4.69, 9.17) is 0 Å². The molecule has 20 heavy (non-hydrogen) atoms. The van der Waals surface area contributed by atoms with Crippen molar-refractivity contribution in [3.8, 4) is 0 Å². The SMILES string of the molecule is O=C(c1ccc(CN2CCCCC2)cc1)N1CCCC1. The van der Waals surface area contributed by atoms with Crippen LogP contribution < -0.4 is 0 Å². The topological polar surface area (TPSA) is 23.6 Å². The van der Waals surface area contributed by atoms with Gasteiger partial charge in [-0.3, -0.25) is 9.69 Å². The maximum absolute atomic E-state index is 12.3. The predicted octanol–water partition coefficient (Wildman–Crippen LogP) is 2.91. The summed E-state index contributed by atoms with van der Waals surface area (Å²) in [6, 6.07) is 8.25. The third-order valence-corrected chi connectivity index (χ3v) is 4.45. The average molecular weight is 272 g/mol. The zero-order valence-electron chi connectivity index (χ0n) is 12.2. The van der Waals surface area contributed by atoms with Crippen LogP contribution in [0.4, 0.5) is 0 Å². The van der Waals surface area contributed by atoms with E-state index >= 15 is 0 Å².